The molecule has 1 aromatic carbocycles. The number of primary amides is 1. The fraction of sp³-hybridized carbons (Fsp3) is 0.556. The Labute approximate surface area is 143 Å². The van der Waals surface area contributed by atoms with E-state index >= 15 is 0 Å². The summed E-state index contributed by atoms with van der Waals surface area (Å²) in [5, 5.41) is 0. The SMILES string of the molecule is Cc1ccc(OCCCN(C)C(=O)[C@H]2CCCN(C(N)=O)C2)cc1. The number of likely N-dealkylation sites (tertiary alicyclic amines) is 1. The molecule has 1 aliphatic heterocycles. The Bertz CT molecular complexity index is 559. The Morgan fingerprint density at radius 2 is 2.04 bits per heavy atom. The zero-order chi connectivity index (χ0) is 17.5. The van der Waals surface area contributed by atoms with E-state index in [1.165, 1.54) is 5.56 Å². The van der Waals surface area contributed by atoms with Crippen molar-refractivity contribution in [2.24, 2.45) is 11.7 Å². The highest BCUT2D eigenvalue weighted by Crippen LogP contribution is 2.18. The molecule has 24 heavy (non-hydrogen) atoms. The summed E-state index contributed by atoms with van der Waals surface area (Å²) < 4.78 is 5.68. The van der Waals surface area contributed by atoms with Crippen LogP contribution in [0.3, 0.4) is 0 Å². The second kappa shape index (κ2) is 8.57. The summed E-state index contributed by atoms with van der Waals surface area (Å²) >= 11 is 0. The molecule has 0 bridgehead atoms. The van der Waals surface area contributed by atoms with E-state index < -0.39 is 6.03 Å². The van der Waals surface area contributed by atoms with Crippen molar-refractivity contribution in [2.45, 2.75) is 26.2 Å². The van der Waals surface area contributed by atoms with Crippen molar-refractivity contribution in [2.75, 3.05) is 33.3 Å². The molecule has 2 rings (SSSR count). The number of rotatable bonds is 6. The lowest BCUT2D eigenvalue weighted by Gasteiger charge is -2.33. The fourth-order valence-corrected chi connectivity index (χ4v) is 2.93. The van der Waals surface area contributed by atoms with Crippen LogP contribution in [0.2, 0.25) is 0 Å². The number of benzene rings is 1. The summed E-state index contributed by atoms with van der Waals surface area (Å²) in [6.07, 6.45) is 2.40. The topological polar surface area (TPSA) is 75.9 Å². The first-order valence-electron chi connectivity index (χ1n) is 8.46. The number of piperidine rings is 1. The summed E-state index contributed by atoms with van der Waals surface area (Å²) in [7, 11) is 1.80. The van der Waals surface area contributed by atoms with Crippen molar-refractivity contribution in [3.8, 4) is 5.75 Å². The van der Waals surface area contributed by atoms with Gasteiger partial charge in [-0.1, -0.05) is 17.7 Å². The van der Waals surface area contributed by atoms with Gasteiger partial charge in [0, 0.05) is 26.7 Å². The molecule has 0 unspecified atom stereocenters. The number of urea groups is 1. The number of hydrogen-bond donors (Lipinski definition) is 1. The van der Waals surface area contributed by atoms with E-state index in [2.05, 4.69) is 0 Å². The van der Waals surface area contributed by atoms with E-state index in [9.17, 15) is 9.59 Å². The molecule has 1 heterocycles. The molecule has 2 N–H and O–H groups in total. The van der Waals surface area contributed by atoms with Gasteiger partial charge >= 0.3 is 6.03 Å². The Morgan fingerprint density at radius 3 is 2.71 bits per heavy atom. The van der Waals surface area contributed by atoms with Crippen LogP contribution in [0.4, 0.5) is 4.79 Å². The van der Waals surface area contributed by atoms with Gasteiger partial charge in [0.2, 0.25) is 5.91 Å². The first kappa shape index (κ1) is 18.1. The molecule has 1 aromatic rings. The molecule has 0 radical (unpaired) electrons. The molecule has 0 saturated carbocycles. The Morgan fingerprint density at radius 1 is 1.33 bits per heavy atom. The lowest BCUT2D eigenvalue weighted by Crippen LogP contribution is -2.47. The van der Waals surface area contributed by atoms with Gasteiger partial charge < -0.3 is 20.3 Å². The minimum absolute atomic E-state index is 0.0799. The molecular formula is C18H27N3O3. The van der Waals surface area contributed by atoms with Gasteiger partial charge in [0.15, 0.2) is 0 Å². The monoisotopic (exact) mass is 333 g/mol. The molecule has 1 atom stereocenters. The second-order valence-corrected chi connectivity index (χ2v) is 6.40. The maximum Gasteiger partial charge on any atom is 0.314 e. The number of hydrogen-bond acceptors (Lipinski definition) is 3. The first-order valence-corrected chi connectivity index (χ1v) is 8.46. The van der Waals surface area contributed by atoms with Gasteiger partial charge in [-0.15, -0.1) is 0 Å². The highest BCUT2D eigenvalue weighted by atomic mass is 16.5. The fourth-order valence-electron chi connectivity index (χ4n) is 2.93. The third-order valence-corrected chi connectivity index (χ3v) is 4.39. The van der Waals surface area contributed by atoms with Crippen LogP contribution < -0.4 is 10.5 Å². The van der Waals surface area contributed by atoms with Crippen LogP contribution in [-0.4, -0.2) is 55.0 Å². The molecule has 1 aliphatic rings. The highest BCUT2D eigenvalue weighted by Gasteiger charge is 2.29. The van der Waals surface area contributed by atoms with Crippen LogP contribution in [0, 0.1) is 12.8 Å². The van der Waals surface area contributed by atoms with Gasteiger partial charge in [0.25, 0.3) is 0 Å². The smallest absolute Gasteiger partial charge is 0.314 e. The minimum atomic E-state index is -0.443. The Kier molecular flexibility index (Phi) is 6.46. The predicted molar refractivity (Wildman–Crippen MR) is 92.8 cm³/mol. The summed E-state index contributed by atoms with van der Waals surface area (Å²) in [6, 6.07) is 7.48. The average molecular weight is 333 g/mol. The molecule has 0 aliphatic carbocycles. The largest absolute Gasteiger partial charge is 0.494 e. The number of aryl methyl sites for hydroxylation is 1. The minimum Gasteiger partial charge on any atom is -0.494 e. The van der Waals surface area contributed by atoms with Crippen molar-refractivity contribution in [1.82, 2.24) is 9.80 Å². The molecular weight excluding hydrogens is 306 g/mol. The van der Waals surface area contributed by atoms with Crippen molar-refractivity contribution in [1.29, 1.82) is 0 Å². The molecule has 0 spiro atoms. The highest BCUT2D eigenvalue weighted by molar-refractivity contribution is 5.80. The van der Waals surface area contributed by atoms with E-state index in [1.54, 1.807) is 16.8 Å². The number of carbonyl (C=O) groups is 2. The predicted octanol–water partition coefficient (Wildman–Crippen LogP) is 2.01. The van der Waals surface area contributed by atoms with Gasteiger partial charge in [-0.05, 0) is 38.3 Å². The number of ether oxygens (including phenoxy) is 1. The number of amides is 3. The summed E-state index contributed by atoms with van der Waals surface area (Å²) in [6.45, 7) is 4.32. The molecule has 132 valence electrons. The van der Waals surface area contributed by atoms with Crippen LogP contribution >= 0.6 is 0 Å². The normalized spacial score (nSPS) is 17.4. The van der Waals surface area contributed by atoms with E-state index in [4.69, 9.17) is 10.5 Å². The van der Waals surface area contributed by atoms with Crippen LogP contribution in [0.5, 0.6) is 5.75 Å². The molecule has 1 fully saturated rings. The lowest BCUT2D eigenvalue weighted by atomic mass is 9.97. The van der Waals surface area contributed by atoms with Crippen LogP contribution in [0.15, 0.2) is 24.3 Å². The Balaban J connectivity index is 1.71. The lowest BCUT2D eigenvalue weighted by molar-refractivity contribution is -0.135. The second-order valence-electron chi connectivity index (χ2n) is 6.40. The van der Waals surface area contributed by atoms with Gasteiger partial charge in [-0.25, -0.2) is 4.79 Å². The van der Waals surface area contributed by atoms with Crippen LogP contribution in [0.1, 0.15) is 24.8 Å². The first-order chi connectivity index (χ1) is 11.5. The van der Waals surface area contributed by atoms with Gasteiger partial charge in [0.05, 0.1) is 12.5 Å². The van der Waals surface area contributed by atoms with E-state index in [0.29, 0.717) is 26.2 Å². The quantitative estimate of drug-likeness (QED) is 0.809. The van der Waals surface area contributed by atoms with Crippen molar-refractivity contribution in [3.63, 3.8) is 0 Å². The van der Waals surface area contributed by atoms with Crippen molar-refractivity contribution in [3.05, 3.63) is 29.8 Å². The standard InChI is InChI=1S/C18H27N3O3/c1-14-6-8-16(9-7-14)24-12-4-10-20(2)17(22)15-5-3-11-21(13-15)18(19)23/h6-9,15H,3-5,10-13H2,1-2H3,(H2,19,23)/t15-/m0/s1. The van der Waals surface area contributed by atoms with E-state index in [1.807, 2.05) is 31.2 Å². The summed E-state index contributed by atoms with van der Waals surface area (Å²) in [5.74, 6) is 0.782. The zero-order valence-electron chi connectivity index (χ0n) is 14.5. The molecule has 6 nitrogen and oxygen atoms in total. The maximum atomic E-state index is 12.5. The number of nitrogens with two attached hydrogens (primary N) is 1. The van der Waals surface area contributed by atoms with Crippen LogP contribution in [-0.2, 0) is 4.79 Å². The average Bonchev–Trinajstić information content (AvgIpc) is 2.59. The third-order valence-electron chi connectivity index (χ3n) is 4.39. The Hall–Kier alpha value is -2.24. The van der Waals surface area contributed by atoms with E-state index in [-0.39, 0.29) is 11.8 Å². The third kappa shape index (κ3) is 5.15. The van der Waals surface area contributed by atoms with Gasteiger partial charge in [0.1, 0.15) is 5.75 Å². The van der Waals surface area contributed by atoms with Gasteiger partial charge in [-0.2, -0.15) is 0 Å². The number of carbonyl (C=O) groups excluding carboxylic acids is 2. The summed E-state index contributed by atoms with van der Waals surface area (Å²) in [4.78, 5) is 27.0. The molecule has 0 aromatic heterocycles. The van der Waals surface area contributed by atoms with Gasteiger partial charge in [-0.3, -0.25) is 4.79 Å². The summed E-state index contributed by atoms with van der Waals surface area (Å²) in [5.41, 5.74) is 6.51. The van der Waals surface area contributed by atoms with Crippen LogP contribution in [0.25, 0.3) is 0 Å². The molecule has 6 heteroatoms. The molecule has 1 saturated heterocycles. The molecule has 3 amide bonds. The van der Waals surface area contributed by atoms with Crippen molar-refractivity contribution >= 4 is 11.9 Å². The number of nitrogens with zero attached hydrogens (tertiary/aromatic N) is 2. The van der Waals surface area contributed by atoms with E-state index in [0.717, 1.165) is 25.0 Å². The maximum absolute atomic E-state index is 12.5. The van der Waals surface area contributed by atoms with Crippen molar-refractivity contribution < 1.29 is 14.3 Å². The zero-order valence-corrected chi connectivity index (χ0v) is 14.5.